The van der Waals surface area contributed by atoms with E-state index in [9.17, 15) is 0 Å². The first-order valence-electron chi connectivity index (χ1n) is 6.96. The van der Waals surface area contributed by atoms with Crippen molar-refractivity contribution in [3.63, 3.8) is 0 Å². The minimum atomic E-state index is 0.708. The molecule has 4 nitrogen and oxygen atoms in total. The highest BCUT2D eigenvalue weighted by atomic mass is 32.2. The average Bonchev–Trinajstić information content (AvgIpc) is 2.96. The van der Waals surface area contributed by atoms with Gasteiger partial charge in [0.1, 0.15) is 5.69 Å². The summed E-state index contributed by atoms with van der Waals surface area (Å²) < 4.78 is 5.47. The lowest BCUT2D eigenvalue weighted by molar-refractivity contribution is 0.389. The lowest BCUT2D eigenvalue weighted by Gasteiger charge is -2.21. The second kappa shape index (κ2) is 7.31. The fourth-order valence-electron chi connectivity index (χ4n) is 2.19. The van der Waals surface area contributed by atoms with Crippen LogP contribution in [0.15, 0.2) is 39.8 Å². The molecule has 0 aliphatic carbocycles. The van der Waals surface area contributed by atoms with Crippen molar-refractivity contribution < 1.29 is 4.52 Å². The van der Waals surface area contributed by atoms with E-state index in [0.717, 1.165) is 28.7 Å². The van der Waals surface area contributed by atoms with Gasteiger partial charge in [0.25, 0.3) is 0 Å². The topological polar surface area (TPSA) is 41.6 Å². The van der Waals surface area contributed by atoms with Gasteiger partial charge in [0, 0.05) is 25.2 Å². The molecule has 2 rings (SSSR count). The average molecular weight is 303 g/mol. The molecule has 0 fully saturated rings. The van der Waals surface area contributed by atoms with Gasteiger partial charge in [-0.2, -0.15) is 0 Å². The Morgan fingerprint density at radius 3 is 2.81 bits per heavy atom. The number of hydrogen-bond donors (Lipinski definition) is 0. The Morgan fingerprint density at radius 2 is 2.19 bits per heavy atom. The maximum absolute atomic E-state index is 5.47. The predicted molar refractivity (Wildman–Crippen MR) is 89.6 cm³/mol. The van der Waals surface area contributed by atoms with Gasteiger partial charge in [-0.15, -0.1) is 0 Å². The van der Waals surface area contributed by atoms with Crippen molar-refractivity contribution in [3.8, 4) is 11.3 Å². The predicted octanol–water partition coefficient (Wildman–Crippen LogP) is 3.82. The molecule has 0 atom stereocenters. The Hall–Kier alpha value is -1.75. The van der Waals surface area contributed by atoms with Crippen molar-refractivity contribution in [1.82, 2.24) is 10.1 Å². The van der Waals surface area contributed by atoms with Crippen molar-refractivity contribution in [3.05, 3.63) is 41.6 Å². The van der Waals surface area contributed by atoms with Crippen LogP contribution in [0.3, 0.4) is 0 Å². The first-order valence-corrected chi connectivity index (χ1v) is 8.18. The van der Waals surface area contributed by atoms with Crippen LogP contribution in [-0.4, -0.2) is 35.1 Å². The third-order valence-electron chi connectivity index (χ3n) is 3.24. The van der Waals surface area contributed by atoms with Gasteiger partial charge in [0.15, 0.2) is 10.9 Å². The lowest BCUT2D eigenvalue weighted by atomic mass is 10.1. The van der Waals surface area contributed by atoms with Crippen molar-refractivity contribution in [2.45, 2.75) is 20.4 Å². The molecular formula is C16H21N3OS. The number of nitrogens with zero attached hydrogens (tertiary/aromatic N) is 3. The summed E-state index contributed by atoms with van der Waals surface area (Å²) in [5, 5.41) is 5.19. The van der Waals surface area contributed by atoms with Crippen LogP contribution in [0, 0.1) is 6.92 Å². The van der Waals surface area contributed by atoms with Crippen LogP contribution < -0.4 is 0 Å². The number of aryl methyl sites for hydroxylation is 1. The monoisotopic (exact) mass is 303 g/mol. The van der Waals surface area contributed by atoms with Crippen molar-refractivity contribution in [1.29, 1.82) is 0 Å². The largest absolute Gasteiger partial charge is 0.356 e. The first kappa shape index (κ1) is 15.6. The fraction of sp³-hybridized carbons (Fsp3) is 0.375. The maximum atomic E-state index is 5.47. The highest BCUT2D eigenvalue weighted by Crippen LogP contribution is 2.22. The zero-order chi connectivity index (χ0) is 15.2. The SMILES string of the molecule is CCN(Cc1cc(-c2cccc(C)c2)on1)/C(=N\C)SC. The molecule has 1 aromatic carbocycles. The summed E-state index contributed by atoms with van der Waals surface area (Å²) in [5.74, 6) is 0.809. The Balaban J connectivity index is 2.16. The molecule has 5 heteroatoms. The second-order valence-electron chi connectivity index (χ2n) is 4.78. The minimum Gasteiger partial charge on any atom is -0.356 e. The van der Waals surface area contributed by atoms with Crippen LogP contribution in [0.5, 0.6) is 0 Å². The molecule has 1 aromatic heterocycles. The molecule has 0 aliphatic rings. The molecular weight excluding hydrogens is 282 g/mol. The van der Waals surface area contributed by atoms with E-state index >= 15 is 0 Å². The van der Waals surface area contributed by atoms with E-state index in [1.54, 1.807) is 11.8 Å². The zero-order valence-electron chi connectivity index (χ0n) is 13.0. The first-order chi connectivity index (χ1) is 10.2. The van der Waals surface area contributed by atoms with Crippen LogP contribution in [0.4, 0.5) is 0 Å². The van der Waals surface area contributed by atoms with Gasteiger partial charge in [0.05, 0.1) is 6.54 Å². The van der Waals surface area contributed by atoms with Crippen molar-refractivity contribution >= 4 is 16.9 Å². The number of thioether (sulfide) groups is 1. The summed E-state index contributed by atoms with van der Waals surface area (Å²) in [6.07, 6.45) is 2.03. The summed E-state index contributed by atoms with van der Waals surface area (Å²) in [6, 6.07) is 10.2. The summed E-state index contributed by atoms with van der Waals surface area (Å²) in [4.78, 5) is 6.48. The number of benzene rings is 1. The third kappa shape index (κ3) is 3.88. The number of hydrogen-bond acceptors (Lipinski definition) is 4. The molecule has 0 saturated heterocycles. The molecule has 0 radical (unpaired) electrons. The maximum Gasteiger partial charge on any atom is 0.167 e. The standard InChI is InChI=1S/C16H21N3OS/c1-5-19(16(17-3)21-4)11-14-10-15(20-18-14)13-8-6-7-12(2)9-13/h6-10H,5,11H2,1-4H3/b17-16+. The third-order valence-corrected chi connectivity index (χ3v) is 4.05. The van der Waals surface area contributed by atoms with Crippen molar-refractivity contribution in [2.75, 3.05) is 19.8 Å². The van der Waals surface area contributed by atoms with Gasteiger partial charge in [-0.3, -0.25) is 4.99 Å². The van der Waals surface area contributed by atoms with Gasteiger partial charge < -0.3 is 9.42 Å². The van der Waals surface area contributed by atoms with E-state index in [2.05, 4.69) is 41.0 Å². The van der Waals surface area contributed by atoms with Crippen LogP contribution in [0.2, 0.25) is 0 Å². The Kier molecular flexibility index (Phi) is 5.44. The molecule has 2 aromatic rings. The number of aliphatic imine (C=N–C) groups is 1. The van der Waals surface area contributed by atoms with Gasteiger partial charge in [-0.1, -0.05) is 40.7 Å². The van der Waals surface area contributed by atoms with Gasteiger partial charge in [-0.05, 0) is 26.2 Å². The molecule has 0 saturated carbocycles. The van der Waals surface area contributed by atoms with Gasteiger partial charge in [-0.25, -0.2) is 0 Å². The quantitative estimate of drug-likeness (QED) is 0.636. The van der Waals surface area contributed by atoms with E-state index in [1.165, 1.54) is 5.56 Å². The number of aromatic nitrogens is 1. The molecule has 1 heterocycles. The summed E-state index contributed by atoms with van der Waals surface area (Å²) in [5.41, 5.74) is 3.19. The van der Waals surface area contributed by atoms with Crippen LogP contribution in [-0.2, 0) is 6.54 Å². The highest BCUT2D eigenvalue weighted by Gasteiger charge is 2.13. The van der Waals surface area contributed by atoms with Crippen LogP contribution in [0.1, 0.15) is 18.2 Å². The van der Waals surface area contributed by atoms with Gasteiger partial charge >= 0.3 is 0 Å². The Bertz CT molecular complexity index is 621. The highest BCUT2D eigenvalue weighted by molar-refractivity contribution is 8.13. The van der Waals surface area contributed by atoms with E-state index < -0.39 is 0 Å². The molecule has 112 valence electrons. The van der Waals surface area contributed by atoms with E-state index in [4.69, 9.17) is 4.52 Å². The van der Waals surface area contributed by atoms with E-state index in [-0.39, 0.29) is 0 Å². The molecule has 0 spiro atoms. The minimum absolute atomic E-state index is 0.708. The Labute approximate surface area is 130 Å². The van der Waals surface area contributed by atoms with E-state index in [0.29, 0.717) is 6.54 Å². The molecule has 21 heavy (non-hydrogen) atoms. The Morgan fingerprint density at radius 1 is 1.38 bits per heavy atom. The van der Waals surface area contributed by atoms with Gasteiger partial charge in [0.2, 0.25) is 0 Å². The molecule has 0 aliphatic heterocycles. The molecule has 0 unspecified atom stereocenters. The molecule has 0 N–H and O–H groups in total. The number of rotatable bonds is 4. The molecule has 0 bridgehead atoms. The normalized spacial score (nSPS) is 11.7. The van der Waals surface area contributed by atoms with Crippen LogP contribution >= 0.6 is 11.8 Å². The summed E-state index contributed by atoms with van der Waals surface area (Å²) in [6.45, 7) is 5.78. The lowest BCUT2D eigenvalue weighted by Crippen LogP contribution is -2.28. The van der Waals surface area contributed by atoms with Crippen molar-refractivity contribution in [2.24, 2.45) is 4.99 Å². The smallest absolute Gasteiger partial charge is 0.167 e. The summed E-state index contributed by atoms with van der Waals surface area (Å²) >= 11 is 1.64. The molecule has 0 amide bonds. The van der Waals surface area contributed by atoms with Crippen LogP contribution in [0.25, 0.3) is 11.3 Å². The second-order valence-corrected chi connectivity index (χ2v) is 5.55. The zero-order valence-corrected chi connectivity index (χ0v) is 13.8. The fourth-order valence-corrected chi connectivity index (χ4v) is 2.83. The number of amidine groups is 1. The van der Waals surface area contributed by atoms with E-state index in [1.807, 2.05) is 31.5 Å². The summed E-state index contributed by atoms with van der Waals surface area (Å²) in [7, 11) is 1.81.